The molecular weight excluding hydrogens is 188 g/mol. The van der Waals surface area contributed by atoms with Crippen LogP contribution in [0.1, 0.15) is 12.5 Å². The molecule has 0 aromatic heterocycles. The predicted octanol–water partition coefficient (Wildman–Crippen LogP) is 2.48. The second kappa shape index (κ2) is 4.28. The van der Waals surface area contributed by atoms with Gasteiger partial charge in [-0.15, -0.1) is 0 Å². The van der Waals surface area contributed by atoms with E-state index in [2.05, 4.69) is 0 Å². The summed E-state index contributed by atoms with van der Waals surface area (Å²) in [6.45, 7) is 1.55. The number of halogens is 1. The highest BCUT2D eigenvalue weighted by Gasteiger charge is 2.05. The standard InChI is InChI=1S/C10H11ClO2/c1-7(12)5-8-3-4-9(11)6-10(8)13-2/h3-4,6H,5H2,1-2H3. The maximum atomic E-state index is 10.9. The molecule has 0 unspecified atom stereocenters. The van der Waals surface area contributed by atoms with E-state index < -0.39 is 0 Å². The number of methoxy groups -OCH3 is 1. The van der Waals surface area contributed by atoms with E-state index in [1.54, 1.807) is 26.2 Å². The summed E-state index contributed by atoms with van der Waals surface area (Å²) >= 11 is 5.77. The minimum absolute atomic E-state index is 0.112. The van der Waals surface area contributed by atoms with Crippen molar-refractivity contribution in [3.05, 3.63) is 28.8 Å². The Labute approximate surface area is 82.5 Å². The first-order valence-corrected chi connectivity index (χ1v) is 4.33. The van der Waals surface area contributed by atoms with Gasteiger partial charge in [-0.25, -0.2) is 0 Å². The van der Waals surface area contributed by atoms with E-state index >= 15 is 0 Å². The molecule has 0 radical (unpaired) electrons. The predicted molar refractivity (Wildman–Crippen MR) is 52.4 cm³/mol. The van der Waals surface area contributed by atoms with Crippen LogP contribution in [0.2, 0.25) is 5.02 Å². The molecule has 0 aliphatic heterocycles. The van der Waals surface area contributed by atoms with Crippen molar-refractivity contribution in [2.24, 2.45) is 0 Å². The molecule has 0 aliphatic rings. The Kier molecular flexibility index (Phi) is 3.32. The number of rotatable bonds is 3. The molecule has 0 fully saturated rings. The van der Waals surface area contributed by atoms with E-state index in [0.717, 1.165) is 5.56 Å². The molecule has 0 heterocycles. The lowest BCUT2D eigenvalue weighted by Gasteiger charge is -2.06. The van der Waals surface area contributed by atoms with Crippen molar-refractivity contribution in [3.8, 4) is 5.75 Å². The van der Waals surface area contributed by atoms with Crippen LogP contribution >= 0.6 is 11.6 Å². The molecule has 1 rings (SSSR count). The van der Waals surface area contributed by atoms with Crippen LogP contribution in [0.3, 0.4) is 0 Å². The summed E-state index contributed by atoms with van der Waals surface area (Å²) in [5.41, 5.74) is 0.874. The minimum atomic E-state index is 0.112. The lowest BCUT2D eigenvalue weighted by molar-refractivity contribution is -0.116. The molecule has 0 bridgehead atoms. The van der Waals surface area contributed by atoms with Crippen LogP contribution in [0.5, 0.6) is 5.75 Å². The number of benzene rings is 1. The maximum absolute atomic E-state index is 10.9. The third kappa shape index (κ3) is 2.74. The summed E-state index contributed by atoms with van der Waals surface area (Å²) in [6, 6.07) is 5.27. The van der Waals surface area contributed by atoms with Gasteiger partial charge in [0, 0.05) is 17.0 Å². The van der Waals surface area contributed by atoms with E-state index in [1.165, 1.54) is 0 Å². The van der Waals surface area contributed by atoms with E-state index in [-0.39, 0.29) is 5.78 Å². The second-order valence-corrected chi connectivity index (χ2v) is 3.27. The van der Waals surface area contributed by atoms with Gasteiger partial charge < -0.3 is 4.74 Å². The molecular formula is C10H11ClO2. The maximum Gasteiger partial charge on any atom is 0.134 e. The van der Waals surface area contributed by atoms with E-state index in [4.69, 9.17) is 16.3 Å². The van der Waals surface area contributed by atoms with Crippen LogP contribution in [-0.2, 0) is 11.2 Å². The van der Waals surface area contributed by atoms with Crippen molar-refractivity contribution in [2.75, 3.05) is 7.11 Å². The molecule has 70 valence electrons. The van der Waals surface area contributed by atoms with Crippen LogP contribution in [0.4, 0.5) is 0 Å². The van der Waals surface area contributed by atoms with Gasteiger partial charge in [-0.3, -0.25) is 4.79 Å². The number of ether oxygens (including phenoxy) is 1. The SMILES string of the molecule is COc1cc(Cl)ccc1CC(C)=O. The molecule has 0 saturated carbocycles. The van der Waals surface area contributed by atoms with Crippen LogP contribution in [0.15, 0.2) is 18.2 Å². The zero-order valence-corrected chi connectivity index (χ0v) is 8.39. The van der Waals surface area contributed by atoms with Crippen molar-refractivity contribution >= 4 is 17.4 Å². The first kappa shape index (κ1) is 10.1. The molecule has 1 aromatic rings. The average molecular weight is 199 g/mol. The van der Waals surface area contributed by atoms with Crippen LogP contribution in [0, 0.1) is 0 Å². The quantitative estimate of drug-likeness (QED) is 0.746. The van der Waals surface area contributed by atoms with Crippen molar-refractivity contribution in [2.45, 2.75) is 13.3 Å². The van der Waals surface area contributed by atoms with Crippen molar-refractivity contribution < 1.29 is 9.53 Å². The summed E-state index contributed by atoms with van der Waals surface area (Å²) in [7, 11) is 1.56. The molecule has 0 aliphatic carbocycles. The van der Waals surface area contributed by atoms with Gasteiger partial charge >= 0.3 is 0 Å². The fourth-order valence-electron chi connectivity index (χ4n) is 1.13. The Morgan fingerprint density at radius 3 is 2.77 bits per heavy atom. The lowest BCUT2D eigenvalue weighted by atomic mass is 10.1. The van der Waals surface area contributed by atoms with Crippen LogP contribution in [-0.4, -0.2) is 12.9 Å². The highest BCUT2D eigenvalue weighted by atomic mass is 35.5. The molecule has 0 spiro atoms. The molecule has 2 nitrogen and oxygen atoms in total. The molecule has 1 aromatic carbocycles. The lowest BCUT2D eigenvalue weighted by Crippen LogP contribution is -1.99. The molecule has 0 saturated heterocycles. The van der Waals surface area contributed by atoms with Gasteiger partial charge in [-0.1, -0.05) is 17.7 Å². The van der Waals surface area contributed by atoms with Gasteiger partial charge in [0.1, 0.15) is 11.5 Å². The highest BCUT2D eigenvalue weighted by molar-refractivity contribution is 6.30. The Bertz CT molecular complexity index is 321. The smallest absolute Gasteiger partial charge is 0.134 e. The number of carbonyl (C=O) groups is 1. The summed E-state index contributed by atoms with van der Waals surface area (Å²) in [5, 5.41) is 0.615. The number of ketones is 1. The summed E-state index contributed by atoms with van der Waals surface area (Å²) in [5.74, 6) is 0.781. The Morgan fingerprint density at radius 2 is 2.23 bits per heavy atom. The zero-order chi connectivity index (χ0) is 9.84. The third-order valence-corrected chi connectivity index (χ3v) is 1.92. The fourth-order valence-corrected chi connectivity index (χ4v) is 1.29. The first-order chi connectivity index (χ1) is 6.13. The molecule has 0 atom stereocenters. The van der Waals surface area contributed by atoms with Gasteiger partial charge in [0.2, 0.25) is 0 Å². The zero-order valence-electron chi connectivity index (χ0n) is 7.63. The van der Waals surface area contributed by atoms with Gasteiger partial charge in [-0.05, 0) is 19.1 Å². The molecule has 13 heavy (non-hydrogen) atoms. The normalized spacial score (nSPS) is 9.77. The van der Waals surface area contributed by atoms with E-state index in [9.17, 15) is 4.79 Å². The van der Waals surface area contributed by atoms with Gasteiger partial charge in [-0.2, -0.15) is 0 Å². The minimum Gasteiger partial charge on any atom is -0.496 e. The fraction of sp³-hybridized carbons (Fsp3) is 0.300. The highest BCUT2D eigenvalue weighted by Crippen LogP contribution is 2.23. The van der Waals surface area contributed by atoms with Crippen molar-refractivity contribution in [1.82, 2.24) is 0 Å². The topological polar surface area (TPSA) is 26.3 Å². The van der Waals surface area contributed by atoms with Crippen molar-refractivity contribution in [3.63, 3.8) is 0 Å². The second-order valence-electron chi connectivity index (χ2n) is 2.83. The number of hydrogen-bond donors (Lipinski definition) is 0. The third-order valence-electron chi connectivity index (χ3n) is 1.69. The molecule has 0 N–H and O–H groups in total. The Hall–Kier alpha value is -1.02. The Morgan fingerprint density at radius 1 is 1.54 bits per heavy atom. The largest absolute Gasteiger partial charge is 0.496 e. The number of hydrogen-bond acceptors (Lipinski definition) is 2. The molecule has 0 amide bonds. The van der Waals surface area contributed by atoms with Crippen molar-refractivity contribution in [1.29, 1.82) is 0 Å². The van der Waals surface area contributed by atoms with Gasteiger partial charge in [0.25, 0.3) is 0 Å². The summed E-state index contributed by atoms with van der Waals surface area (Å²) in [6.07, 6.45) is 0.389. The summed E-state index contributed by atoms with van der Waals surface area (Å²) < 4.78 is 5.09. The van der Waals surface area contributed by atoms with E-state index in [1.807, 2.05) is 6.07 Å². The van der Waals surface area contributed by atoms with Crippen LogP contribution < -0.4 is 4.74 Å². The average Bonchev–Trinajstić information content (AvgIpc) is 2.07. The number of Topliss-reactive ketones (excluding diaryl/α,β-unsaturated/α-hetero) is 1. The van der Waals surface area contributed by atoms with Crippen LogP contribution in [0.25, 0.3) is 0 Å². The first-order valence-electron chi connectivity index (χ1n) is 3.95. The molecule has 3 heteroatoms. The number of carbonyl (C=O) groups excluding carboxylic acids is 1. The monoisotopic (exact) mass is 198 g/mol. The van der Waals surface area contributed by atoms with Gasteiger partial charge in [0.05, 0.1) is 7.11 Å². The van der Waals surface area contributed by atoms with Gasteiger partial charge in [0.15, 0.2) is 0 Å². The summed E-state index contributed by atoms with van der Waals surface area (Å²) in [4.78, 5) is 10.9. The Balaban J connectivity index is 2.99. The van der Waals surface area contributed by atoms with E-state index in [0.29, 0.717) is 17.2 Å².